The van der Waals surface area contributed by atoms with Crippen LogP contribution in [-0.4, -0.2) is 24.7 Å². The molecule has 1 aliphatic rings. The molecule has 0 radical (unpaired) electrons. The molecule has 6 nitrogen and oxygen atoms in total. The van der Waals surface area contributed by atoms with Gasteiger partial charge in [0.1, 0.15) is 10.7 Å². The first-order chi connectivity index (χ1) is 14.2. The summed E-state index contributed by atoms with van der Waals surface area (Å²) in [6.45, 7) is 0. The van der Waals surface area contributed by atoms with Gasteiger partial charge in [-0.3, -0.25) is 9.78 Å². The lowest BCUT2D eigenvalue weighted by atomic mass is 9.97. The van der Waals surface area contributed by atoms with Gasteiger partial charge in [0, 0.05) is 36.0 Å². The van der Waals surface area contributed by atoms with Gasteiger partial charge in [-0.15, -0.1) is 11.3 Å². The quantitative estimate of drug-likeness (QED) is 0.506. The van der Waals surface area contributed by atoms with Gasteiger partial charge in [-0.05, 0) is 67.2 Å². The molecule has 4 aromatic rings. The van der Waals surface area contributed by atoms with Gasteiger partial charge < -0.3 is 0 Å². The maximum Gasteiger partial charge on any atom is 0.271 e. The minimum atomic E-state index is -0.149. The van der Waals surface area contributed by atoms with E-state index in [2.05, 4.69) is 26.5 Å². The Bertz CT molecular complexity index is 1180. The summed E-state index contributed by atoms with van der Waals surface area (Å²) in [5, 5.41) is 7.30. The van der Waals surface area contributed by atoms with Crippen molar-refractivity contribution in [1.29, 1.82) is 0 Å². The highest BCUT2D eigenvalue weighted by molar-refractivity contribution is 7.16. The second-order valence-corrected chi connectivity index (χ2v) is 8.60. The molecule has 0 bridgehead atoms. The average Bonchev–Trinajstić information content (AvgIpc) is 3.38. The summed E-state index contributed by atoms with van der Waals surface area (Å²) in [5.41, 5.74) is 1.62. The molecule has 0 aliphatic heterocycles. The first kappa shape index (κ1) is 18.1. The fourth-order valence-electron chi connectivity index (χ4n) is 4.21. The Balaban J connectivity index is 1.20. The zero-order valence-corrected chi connectivity index (χ0v) is 16.8. The van der Waals surface area contributed by atoms with E-state index in [0.717, 1.165) is 34.6 Å². The highest BCUT2D eigenvalue weighted by Gasteiger charge is 2.26. The molecule has 4 aromatic heterocycles. The van der Waals surface area contributed by atoms with Crippen molar-refractivity contribution < 1.29 is 0 Å². The van der Waals surface area contributed by atoms with Crippen LogP contribution in [0.15, 0.2) is 59.1 Å². The average molecular weight is 404 g/mol. The molecule has 146 valence electrons. The van der Waals surface area contributed by atoms with Crippen molar-refractivity contribution in [2.75, 3.05) is 0 Å². The van der Waals surface area contributed by atoms with E-state index in [-0.39, 0.29) is 5.56 Å². The molecule has 29 heavy (non-hydrogen) atoms. The van der Waals surface area contributed by atoms with E-state index in [1.165, 1.54) is 30.0 Å². The van der Waals surface area contributed by atoms with Crippen molar-refractivity contribution >= 4 is 21.6 Å². The largest absolute Gasteiger partial charge is 0.271 e. The van der Waals surface area contributed by atoms with Crippen molar-refractivity contribution in [2.45, 2.75) is 32.1 Å². The first-order valence-corrected chi connectivity index (χ1v) is 10.8. The van der Waals surface area contributed by atoms with Crippen molar-refractivity contribution in [1.82, 2.24) is 24.7 Å². The minimum Gasteiger partial charge on any atom is -0.267 e. The molecule has 0 amide bonds. The maximum atomic E-state index is 11.9. The second-order valence-electron chi connectivity index (χ2n) is 7.70. The summed E-state index contributed by atoms with van der Waals surface area (Å²) >= 11 is 1.68. The molecule has 2 atom stereocenters. The van der Waals surface area contributed by atoms with E-state index in [1.807, 2.05) is 18.3 Å². The van der Waals surface area contributed by atoms with Crippen LogP contribution in [0.4, 0.5) is 0 Å². The first-order valence-electron chi connectivity index (χ1n) is 9.93. The van der Waals surface area contributed by atoms with Crippen LogP contribution in [0.3, 0.4) is 0 Å². The van der Waals surface area contributed by atoms with Gasteiger partial charge in [-0.2, -0.15) is 9.78 Å². The van der Waals surface area contributed by atoms with E-state index >= 15 is 0 Å². The van der Waals surface area contributed by atoms with Gasteiger partial charge in [-0.1, -0.05) is 0 Å². The zero-order chi connectivity index (χ0) is 19.6. The monoisotopic (exact) mass is 403 g/mol. The van der Waals surface area contributed by atoms with E-state index in [4.69, 9.17) is 4.98 Å². The van der Waals surface area contributed by atoms with Crippen molar-refractivity contribution in [3.05, 3.63) is 76.2 Å². The SMILES string of the molecule is O=c1cccnn1-c1ccc(C[C@H]2CC[C@H](Cc3ncc4ccsc4n3)C2)nc1. The Morgan fingerprint density at radius 1 is 1.03 bits per heavy atom. The molecule has 0 saturated heterocycles. The van der Waals surface area contributed by atoms with Crippen LogP contribution < -0.4 is 5.56 Å². The molecule has 4 heterocycles. The van der Waals surface area contributed by atoms with Crippen LogP contribution >= 0.6 is 11.3 Å². The third kappa shape index (κ3) is 3.96. The number of rotatable bonds is 5. The molecule has 1 aliphatic carbocycles. The lowest BCUT2D eigenvalue weighted by Crippen LogP contribution is -2.19. The number of fused-ring (bicyclic) bond motifs is 1. The topological polar surface area (TPSA) is 73.6 Å². The number of hydrogen-bond acceptors (Lipinski definition) is 6. The predicted molar refractivity (Wildman–Crippen MR) is 113 cm³/mol. The molecule has 7 heteroatoms. The van der Waals surface area contributed by atoms with E-state index in [1.54, 1.807) is 29.8 Å². The summed E-state index contributed by atoms with van der Waals surface area (Å²) in [6, 6.07) is 9.14. The summed E-state index contributed by atoms with van der Waals surface area (Å²) < 4.78 is 1.37. The number of pyridine rings is 1. The summed E-state index contributed by atoms with van der Waals surface area (Å²) in [6.07, 6.45) is 10.8. The van der Waals surface area contributed by atoms with Gasteiger partial charge in [0.2, 0.25) is 0 Å². The van der Waals surface area contributed by atoms with Crippen molar-refractivity contribution in [2.24, 2.45) is 11.8 Å². The van der Waals surface area contributed by atoms with E-state index < -0.39 is 0 Å². The molecule has 0 aromatic carbocycles. The molecule has 1 saturated carbocycles. The van der Waals surface area contributed by atoms with Gasteiger partial charge >= 0.3 is 0 Å². The molecule has 0 N–H and O–H groups in total. The van der Waals surface area contributed by atoms with Crippen LogP contribution in [0.25, 0.3) is 15.9 Å². The lowest BCUT2D eigenvalue weighted by Gasteiger charge is -2.11. The summed E-state index contributed by atoms with van der Waals surface area (Å²) in [7, 11) is 0. The number of aromatic nitrogens is 5. The molecule has 0 unspecified atom stereocenters. The standard InChI is InChI=1S/C22H21N5OS/c28-21-2-1-8-25-27(21)19-6-5-18(23-14-19)11-15-3-4-16(10-15)12-20-24-13-17-7-9-29-22(17)26-20/h1-2,5-9,13-16H,3-4,10-12H2/t15-,16-/m0/s1. The van der Waals surface area contributed by atoms with Crippen molar-refractivity contribution in [3.63, 3.8) is 0 Å². The normalized spacial score (nSPS) is 19.0. The molecule has 0 spiro atoms. The van der Waals surface area contributed by atoms with Crippen LogP contribution in [-0.2, 0) is 12.8 Å². The molecular formula is C22H21N5OS. The lowest BCUT2D eigenvalue weighted by molar-refractivity contribution is 0.477. The van der Waals surface area contributed by atoms with Gasteiger partial charge in [0.25, 0.3) is 5.56 Å². The van der Waals surface area contributed by atoms with Crippen LogP contribution in [0.1, 0.15) is 30.8 Å². The summed E-state index contributed by atoms with van der Waals surface area (Å²) in [5.74, 6) is 2.25. The van der Waals surface area contributed by atoms with E-state index in [9.17, 15) is 4.79 Å². The molecular weight excluding hydrogens is 382 g/mol. The van der Waals surface area contributed by atoms with Crippen LogP contribution in [0.2, 0.25) is 0 Å². The number of hydrogen-bond donors (Lipinski definition) is 0. The Hall–Kier alpha value is -2.93. The fraction of sp³-hybridized carbons (Fsp3) is 0.318. The smallest absolute Gasteiger partial charge is 0.267 e. The molecule has 1 fully saturated rings. The zero-order valence-electron chi connectivity index (χ0n) is 15.9. The Kier molecular flexibility index (Phi) is 4.89. The van der Waals surface area contributed by atoms with Crippen LogP contribution in [0.5, 0.6) is 0 Å². The third-order valence-electron chi connectivity index (χ3n) is 5.65. The highest BCUT2D eigenvalue weighted by atomic mass is 32.1. The minimum absolute atomic E-state index is 0.149. The predicted octanol–water partition coefficient (Wildman–Crippen LogP) is 3.83. The fourth-order valence-corrected chi connectivity index (χ4v) is 4.97. The number of thiophene rings is 1. The highest BCUT2D eigenvalue weighted by Crippen LogP contribution is 2.34. The van der Waals surface area contributed by atoms with Gasteiger partial charge in [0.05, 0.1) is 11.9 Å². The third-order valence-corrected chi connectivity index (χ3v) is 6.47. The van der Waals surface area contributed by atoms with E-state index in [0.29, 0.717) is 17.5 Å². The number of nitrogens with zero attached hydrogens (tertiary/aromatic N) is 5. The Morgan fingerprint density at radius 3 is 2.76 bits per heavy atom. The summed E-state index contributed by atoms with van der Waals surface area (Å²) in [4.78, 5) is 26.8. The Morgan fingerprint density at radius 2 is 1.93 bits per heavy atom. The Labute approximate surface area is 172 Å². The maximum absolute atomic E-state index is 11.9. The van der Waals surface area contributed by atoms with Crippen molar-refractivity contribution in [3.8, 4) is 5.69 Å². The van der Waals surface area contributed by atoms with Gasteiger partial charge in [0.15, 0.2) is 0 Å². The van der Waals surface area contributed by atoms with Gasteiger partial charge in [-0.25, -0.2) is 9.97 Å². The molecule has 5 rings (SSSR count). The van der Waals surface area contributed by atoms with Crippen LogP contribution in [0, 0.1) is 11.8 Å². The second kappa shape index (κ2) is 7.83.